The van der Waals surface area contributed by atoms with Gasteiger partial charge in [0.05, 0.1) is 5.25 Å². The summed E-state index contributed by atoms with van der Waals surface area (Å²) in [5, 5.41) is 3.04. The van der Waals surface area contributed by atoms with Crippen LogP contribution in [0.15, 0.2) is 0 Å². The van der Waals surface area contributed by atoms with Crippen LogP contribution in [0.3, 0.4) is 0 Å². The molecule has 0 radical (unpaired) electrons. The van der Waals surface area contributed by atoms with Crippen LogP contribution < -0.4 is 5.32 Å². The lowest BCUT2D eigenvalue weighted by Crippen LogP contribution is -2.37. The Morgan fingerprint density at radius 2 is 1.92 bits per heavy atom. The van der Waals surface area contributed by atoms with Crippen molar-refractivity contribution in [3.63, 3.8) is 0 Å². The minimum atomic E-state index is -2.89. The minimum Gasteiger partial charge on any atom is -0.313 e. The predicted molar refractivity (Wildman–Crippen MR) is 54.5 cm³/mol. The van der Waals surface area contributed by atoms with E-state index in [1.807, 2.05) is 13.8 Å². The fourth-order valence-electron chi connectivity index (χ4n) is 1.45. The van der Waals surface area contributed by atoms with Crippen LogP contribution in [0.4, 0.5) is 0 Å². The molecule has 78 valence electrons. The van der Waals surface area contributed by atoms with Gasteiger partial charge in [-0.15, -0.1) is 0 Å². The van der Waals surface area contributed by atoms with Crippen LogP contribution in [0.1, 0.15) is 26.7 Å². The Morgan fingerprint density at radius 3 is 2.23 bits per heavy atom. The molecular weight excluding hydrogens is 186 g/mol. The molecule has 0 aromatic heterocycles. The van der Waals surface area contributed by atoms with Crippen molar-refractivity contribution in [1.29, 1.82) is 0 Å². The topological polar surface area (TPSA) is 46.2 Å². The van der Waals surface area contributed by atoms with Crippen molar-refractivity contribution in [2.24, 2.45) is 5.92 Å². The van der Waals surface area contributed by atoms with Gasteiger partial charge in [0.15, 0.2) is 9.84 Å². The quantitative estimate of drug-likeness (QED) is 0.722. The zero-order valence-corrected chi connectivity index (χ0v) is 9.39. The van der Waals surface area contributed by atoms with Gasteiger partial charge in [-0.05, 0) is 18.8 Å². The molecular formula is C9H19NO2S. The first kappa shape index (κ1) is 11.0. The van der Waals surface area contributed by atoms with E-state index >= 15 is 0 Å². The fourth-order valence-corrected chi connectivity index (χ4v) is 2.84. The Hall–Kier alpha value is -0.0900. The first-order valence-corrected chi connectivity index (χ1v) is 6.79. The van der Waals surface area contributed by atoms with Crippen LogP contribution in [0.25, 0.3) is 0 Å². The second-order valence-electron chi connectivity index (χ2n) is 4.29. The van der Waals surface area contributed by atoms with Gasteiger partial charge in [0.1, 0.15) is 0 Å². The van der Waals surface area contributed by atoms with E-state index in [0.717, 1.165) is 0 Å². The lowest BCUT2D eigenvalue weighted by molar-refractivity contribution is 0.506. The van der Waals surface area contributed by atoms with Crippen molar-refractivity contribution >= 4 is 9.84 Å². The third kappa shape index (κ3) is 3.65. The summed E-state index contributed by atoms with van der Waals surface area (Å²) in [4.78, 5) is 0. The maximum absolute atomic E-state index is 11.4. The number of hydrogen-bond acceptors (Lipinski definition) is 3. The van der Waals surface area contributed by atoms with Crippen LogP contribution in [0.2, 0.25) is 0 Å². The monoisotopic (exact) mass is 205 g/mol. The predicted octanol–water partition coefficient (Wildman–Crippen LogP) is 0.808. The smallest absolute Gasteiger partial charge is 0.151 e. The molecule has 1 unspecified atom stereocenters. The molecule has 1 rings (SSSR count). The molecule has 3 nitrogen and oxygen atoms in total. The Morgan fingerprint density at radius 1 is 1.38 bits per heavy atom. The van der Waals surface area contributed by atoms with Gasteiger partial charge < -0.3 is 5.32 Å². The van der Waals surface area contributed by atoms with Gasteiger partial charge in [0.2, 0.25) is 0 Å². The lowest BCUT2D eigenvalue weighted by Gasteiger charge is -2.19. The molecule has 0 saturated heterocycles. The molecule has 1 aliphatic carbocycles. The zero-order chi connectivity index (χ0) is 10.1. The summed E-state index contributed by atoms with van der Waals surface area (Å²) in [6, 6.07) is 0.586. The maximum Gasteiger partial charge on any atom is 0.151 e. The van der Waals surface area contributed by atoms with Crippen LogP contribution >= 0.6 is 0 Å². The van der Waals surface area contributed by atoms with Gasteiger partial charge in [-0.3, -0.25) is 0 Å². The van der Waals surface area contributed by atoms with Gasteiger partial charge >= 0.3 is 0 Å². The standard InChI is InChI=1S/C9H19NO2S/c1-7(2)9(13(3,11)12)6-10-8-4-5-8/h7-10H,4-6H2,1-3H3. The van der Waals surface area contributed by atoms with E-state index in [1.54, 1.807) is 0 Å². The summed E-state index contributed by atoms with van der Waals surface area (Å²) in [5.41, 5.74) is 0. The summed E-state index contributed by atoms with van der Waals surface area (Å²) in [5.74, 6) is 0.196. The number of rotatable bonds is 5. The lowest BCUT2D eigenvalue weighted by atomic mass is 10.1. The average Bonchev–Trinajstić information content (AvgIpc) is 2.66. The van der Waals surface area contributed by atoms with Crippen molar-refractivity contribution in [3.05, 3.63) is 0 Å². The third-order valence-electron chi connectivity index (χ3n) is 2.48. The summed E-state index contributed by atoms with van der Waals surface area (Å²) in [7, 11) is -2.89. The molecule has 0 aromatic carbocycles. The molecule has 1 atom stereocenters. The molecule has 0 spiro atoms. The van der Waals surface area contributed by atoms with Crippen LogP contribution in [-0.4, -0.2) is 32.5 Å². The Kier molecular flexibility index (Phi) is 3.35. The van der Waals surface area contributed by atoms with Crippen molar-refractivity contribution in [2.75, 3.05) is 12.8 Å². The van der Waals surface area contributed by atoms with Gasteiger partial charge in [0, 0.05) is 18.8 Å². The fraction of sp³-hybridized carbons (Fsp3) is 1.00. The highest BCUT2D eigenvalue weighted by atomic mass is 32.2. The second-order valence-corrected chi connectivity index (χ2v) is 6.56. The number of hydrogen-bond donors (Lipinski definition) is 1. The first-order chi connectivity index (χ1) is 5.91. The average molecular weight is 205 g/mol. The second kappa shape index (κ2) is 3.96. The summed E-state index contributed by atoms with van der Waals surface area (Å²) in [6.07, 6.45) is 3.73. The molecule has 0 bridgehead atoms. The molecule has 1 aliphatic rings. The highest BCUT2D eigenvalue weighted by Crippen LogP contribution is 2.20. The third-order valence-corrected chi connectivity index (χ3v) is 4.29. The molecule has 1 N–H and O–H groups in total. The molecule has 0 heterocycles. The summed E-state index contributed by atoms with van der Waals surface area (Å²) >= 11 is 0. The maximum atomic E-state index is 11.4. The summed E-state index contributed by atoms with van der Waals surface area (Å²) < 4.78 is 22.7. The molecule has 1 saturated carbocycles. The minimum absolute atomic E-state index is 0.196. The van der Waals surface area contributed by atoms with Crippen LogP contribution in [0.5, 0.6) is 0 Å². The molecule has 0 aromatic rings. The van der Waals surface area contributed by atoms with E-state index in [9.17, 15) is 8.42 Å². The highest BCUT2D eigenvalue weighted by molar-refractivity contribution is 7.91. The van der Waals surface area contributed by atoms with Crippen molar-refractivity contribution < 1.29 is 8.42 Å². The van der Waals surface area contributed by atoms with E-state index in [1.165, 1.54) is 19.1 Å². The Labute approximate surface area is 80.8 Å². The highest BCUT2D eigenvalue weighted by Gasteiger charge is 2.27. The molecule has 4 heteroatoms. The van der Waals surface area contributed by atoms with Crippen molar-refractivity contribution in [2.45, 2.75) is 38.0 Å². The largest absolute Gasteiger partial charge is 0.313 e. The molecule has 0 aliphatic heterocycles. The van der Waals surface area contributed by atoms with E-state index in [2.05, 4.69) is 5.32 Å². The Bertz CT molecular complexity index is 255. The van der Waals surface area contributed by atoms with Gasteiger partial charge in [0.25, 0.3) is 0 Å². The van der Waals surface area contributed by atoms with Gasteiger partial charge in [-0.1, -0.05) is 13.8 Å². The zero-order valence-electron chi connectivity index (χ0n) is 8.58. The number of nitrogens with one attached hydrogen (secondary N) is 1. The van der Waals surface area contributed by atoms with E-state index < -0.39 is 9.84 Å². The Balaban J connectivity index is 2.46. The van der Waals surface area contributed by atoms with Gasteiger partial charge in [-0.25, -0.2) is 8.42 Å². The van der Waals surface area contributed by atoms with E-state index in [4.69, 9.17) is 0 Å². The van der Waals surface area contributed by atoms with Crippen molar-refractivity contribution in [1.82, 2.24) is 5.32 Å². The van der Waals surface area contributed by atoms with Crippen LogP contribution in [-0.2, 0) is 9.84 Å². The molecule has 1 fully saturated rings. The first-order valence-electron chi connectivity index (χ1n) is 4.83. The van der Waals surface area contributed by atoms with Crippen molar-refractivity contribution in [3.8, 4) is 0 Å². The van der Waals surface area contributed by atoms with Gasteiger partial charge in [-0.2, -0.15) is 0 Å². The van der Waals surface area contributed by atoms with Crippen LogP contribution in [0, 0.1) is 5.92 Å². The molecule has 0 amide bonds. The SMILES string of the molecule is CC(C)C(CNC1CC1)S(C)(=O)=O. The number of sulfone groups is 1. The normalized spacial score (nSPS) is 20.6. The van der Waals surface area contributed by atoms with E-state index in [0.29, 0.717) is 12.6 Å². The molecule has 13 heavy (non-hydrogen) atoms. The summed E-state index contributed by atoms with van der Waals surface area (Å²) in [6.45, 7) is 4.53. The van der Waals surface area contributed by atoms with E-state index in [-0.39, 0.29) is 11.2 Å².